The first-order chi connectivity index (χ1) is 4.33. The first-order valence-corrected chi connectivity index (χ1v) is 3.15. The van der Waals surface area contributed by atoms with Gasteiger partial charge in [-0.2, -0.15) is 0 Å². The Bertz CT molecular complexity index is 87.1. The number of methoxy groups -OCH3 is 1. The molecule has 3 heteroatoms. The van der Waals surface area contributed by atoms with Crippen molar-refractivity contribution in [2.24, 2.45) is 0 Å². The van der Waals surface area contributed by atoms with E-state index < -0.39 is 6.36 Å². The lowest BCUT2D eigenvalue weighted by molar-refractivity contribution is -0.215. The van der Waals surface area contributed by atoms with E-state index in [1.807, 2.05) is 0 Å². The molecular formula is C6H11FO2. The number of hydrogen-bond donors (Lipinski definition) is 0. The van der Waals surface area contributed by atoms with Crippen molar-refractivity contribution >= 4 is 0 Å². The Labute approximate surface area is 54.0 Å². The van der Waals surface area contributed by atoms with Crippen molar-refractivity contribution in [1.82, 2.24) is 0 Å². The van der Waals surface area contributed by atoms with Crippen molar-refractivity contribution < 1.29 is 13.9 Å². The lowest BCUT2D eigenvalue weighted by atomic mass is 10.2. The summed E-state index contributed by atoms with van der Waals surface area (Å²) in [5.74, 6) is 0. The summed E-state index contributed by atoms with van der Waals surface area (Å²) in [4.78, 5) is 0. The summed E-state index contributed by atoms with van der Waals surface area (Å²) in [6.45, 7) is 0. The van der Waals surface area contributed by atoms with Crippen molar-refractivity contribution in [1.29, 1.82) is 0 Å². The molecule has 2 nitrogen and oxygen atoms in total. The normalized spacial score (nSPS) is 36.7. The Hall–Kier alpha value is -0.150. The highest BCUT2D eigenvalue weighted by atomic mass is 19.1. The van der Waals surface area contributed by atoms with E-state index in [9.17, 15) is 4.39 Å². The van der Waals surface area contributed by atoms with E-state index >= 15 is 0 Å². The highest BCUT2D eigenvalue weighted by Gasteiger charge is 2.20. The molecule has 0 aliphatic carbocycles. The Kier molecular flexibility index (Phi) is 2.42. The van der Waals surface area contributed by atoms with E-state index in [0.29, 0.717) is 6.42 Å². The first-order valence-electron chi connectivity index (χ1n) is 3.15. The van der Waals surface area contributed by atoms with Crippen LogP contribution in [0.2, 0.25) is 0 Å². The van der Waals surface area contributed by atoms with Gasteiger partial charge in [0.2, 0.25) is 6.36 Å². The highest BCUT2D eigenvalue weighted by molar-refractivity contribution is 4.56. The van der Waals surface area contributed by atoms with Crippen LogP contribution in [0.4, 0.5) is 4.39 Å². The molecule has 0 N–H and O–H groups in total. The molecule has 9 heavy (non-hydrogen) atoms. The van der Waals surface area contributed by atoms with Crippen molar-refractivity contribution in [3.05, 3.63) is 0 Å². The molecule has 1 rings (SSSR count). The smallest absolute Gasteiger partial charge is 0.201 e. The molecule has 1 heterocycles. The molecule has 1 aliphatic rings. The highest BCUT2D eigenvalue weighted by Crippen LogP contribution is 2.19. The molecule has 54 valence electrons. The molecule has 2 atom stereocenters. The fourth-order valence-electron chi connectivity index (χ4n) is 0.919. The van der Waals surface area contributed by atoms with Gasteiger partial charge in [0.1, 0.15) is 0 Å². The Morgan fingerprint density at radius 2 is 2.33 bits per heavy atom. The Morgan fingerprint density at radius 3 is 2.78 bits per heavy atom. The molecular weight excluding hydrogens is 123 g/mol. The van der Waals surface area contributed by atoms with Crippen LogP contribution in [0.15, 0.2) is 0 Å². The molecule has 0 spiro atoms. The van der Waals surface area contributed by atoms with Crippen LogP contribution in [0.5, 0.6) is 0 Å². The number of halogens is 1. The van der Waals surface area contributed by atoms with E-state index in [4.69, 9.17) is 9.47 Å². The largest absolute Gasteiger partial charge is 0.356 e. The van der Waals surface area contributed by atoms with Crippen LogP contribution in [-0.4, -0.2) is 19.8 Å². The Balaban J connectivity index is 2.23. The number of alkyl halides is 1. The van der Waals surface area contributed by atoms with Gasteiger partial charge in [-0.25, -0.2) is 4.39 Å². The third-order valence-corrected chi connectivity index (χ3v) is 1.43. The van der Waals surface area contributed by atoms with Gasteiger partial charge in [-0.05, 0) is 12.8 Å². The summed E-state index contributed by atoms with van der Waals surface area (Å²) in [5.41, 5.74) is 0. The summed E-state index contributed by atoms with van der Waals surface area (Å²) >= 11 is 0. The maximum absolute atomic E-state index is 12.3. The standard InChI is InChI=1S/C6H11FO2/c1-8-6-4-2-3-5(7)9-6/h5-6H,2-4H2,1H3. The van der Waals surface area contributed by atoms with Crippen LogP contribution in [0.1, 0.15) is 19.3 Å². The van der Waals surface area contributed by atoms with Crippen molar-refractivity contribution in [3.8, 4) is 0 Å². The number of hydrogen-bond acceptors (Lipinski definition) is 2. The minimum absolute atomic E-state index is 0.311. The van der Waals surface area contributed by atoms with Crippen molar-refractivity contribution in [2.45, 2.75) is 31.9 Å². The topological polar surface area (TPSA) is 18.5 Å². The average molecular weight is 134 g/mol. The minimum Gasteiger partial charge on any atom is -0.356 e. The van der Waals surface area contributed by atoms with Crippen LogP contribution in [-0.2, 0) is 9.47 Å². The summed E-state index contributed by atoms with van der Waals surface area (Å²) in [7, 11) is 1.53. The predicted octanol–water partition coefficient (Wildman–Crippen LogP) is 1.46. The fourth-order valence-corrected chi connectivity index (χ4v) is 0.919. The molecule has 1 aliphatic heterocycles. The zero-order valence-electron chi connectivity index (χ0n) is 5.47. The van der Waals surface area contributed by atoms with E-state index in [0.717, 1.165) is 12.8 Å². The zero-order chi connectivity index (χ0) is 6.69. The lowest BCUT2D eigenvalue weighted by Gasteiger charge is -2.23. The minimum atomic E-state index is -1.11. The molecule has 0 aromatic heterocycles. The van der Waals surface area contributed by atoms with Gasteiger partial charge in [0.25, 0.3) is 0 Å². The van der Waals surface area contributed by atoms with Crippen molar-refractivity contribution in [3.63, 3.8) is 0 Å². The van der Waals surface area contributed by atoms with Crippen LogP contribution in [0.25, 0.3) is 0 Å². The fraction of sp³-hybridized carbons (Fsp3) is 1.00. The molecule has 1 fully saturated rings. The number of ether oxygens (including phenoxy) is 2. The molecule has 1 saturated heterocycles. The average Bonchev–Trinajstić information content (AvgIpc) is 1.88. The lowest BCUT2D eigenvalue weighted by Crippen LogP contribution is -2.25. The van der Waals surface area contributed by atoms with Gasteiger partial charge in [-0.15, -0.1) is 0 Å². The molecule has 2 unspecified atom stereocenters. The molecule has 0 amide bonds. The summed E-state index contributed by atoms with van der Waals surface area (Å²) in [6, 6.07) is 0. The monoisotopic (exact) mass is 134 g/mol. The van der Waals surface area contributed by atoms with Gasteiger partial charge in [-0.3, -0.25) is 0 Å². The van der Waals surface area contributed by atoms with Crippen LogP contribution < -0.4 is 0 Å². The van der Waals surface area contributed by atoms with Gasteiger partial charge in [0, 0.05) is 13.5 Å². The van der Waals surface area contributed by atoms with Gasteiger partial charge >= 0.3 is 0 Å². The molecule has 0 aromatic carbocycles. The summed E-state index contributed by atoms with van der Waals surface area (Å²) in [5, 5.41) is 0. The zero-order valence-corrected chi connectivity index (χ0v) is 5.47. The molecule has 0 radical (unpaired) electrons. The van der Waals surface area contributed by atoms with Gasteiger partial charge in [-0.1, -0.05) is 0 Å². The van der Waals surface area contributed by atoms with Crippen LogP contribution in [0, 0.1) is 0 Å². The summed E-state index contributed by atoms with van der Waals surface area (Å²) < 4.78 is 21.9. The molecule has 0 bridgehead atoms. The maximum Gasteiger partial charge on any atom is 0.201 e. The van der Waals surface area contributed by atoms with Crippen molar-refractivity contribution in [2.75, 3.05) is 7.11 Å². The van der Waals surface area contributed by atoms with E-state index in [2.05, 4.69) is 0 Å². The van der Waals surface area contributed by atoms with Gasteiger partial charge < -0.3 is 9.47 Å². The molecule has 0 aromatic rings. The van der Waals surface area contributed by atoms with Gasteiger partial charge in [0.05, 0.1) is 0 Å². The third kappa shape index (κ3) is 1.91. The van der Waals surface area contributed by atoms with E-state index in [1.54, 1.807) is 0 Å². The second kappa shape index (κ2) is 3.13. The second-order valence-electron chi connectivity index (χ2n) is 2.14. The maximum atomic E-state index is 12.3. The Morgan fingerprint density at radius 1 is 1.56 bits per heavy atom. The second-order valence-corrected chi connectivity index (χ2v) is 2.14. The van der Waals surface area contributed by atoms with Crippen LogP contribution >= 0.6 is 0 Å². The summed E-state index contributed by atoms with van der Waals surface area (Å²) in [6.07, 6.45) is 0.772. The van der Waals surface area contributed by atoms with Crippen LogP contribution in [0.3, 0.4) is 0 Å². The van der Waals surface area contributed by atoms with E-state index in [-0.39, 0.29) is 6.29 Å². The third-order valence-electron chi connectivity index (χ3n) is 1.43. The number of rotatable bonds is 1. The SMILES string of the molecule is COC1CCCC(F)O1. The van der Waals surface area contributed by atoms with Gasteiger partial charge in [0.15, 0.2) is 6.29 Å². The molecule has 0 saturated carbocycles. The van der Waals surface area contributed by atoms with E-state index in [1.165, 1.54) is 7.11 Å². The first kappa shape index (κ1) is 6.96. The predicted molar refractivity (Wildman–Crippen MR) is 30.6 cm³/mol. The quantitative estimate of drug-likeness (QED) is 0.540.